The van der Waals surface area contributed by atoms with Crippen molar-refractivity contribution in [2.45, 2.75) is 0 Å². The Labute approximate surface area is 211 Å². The van der Waals surface area contributed by atoms with Crippen molar-refractivity contribution in [2.24, 2.45) is 0 Å². The minimum atomic E-state index is 0. The van der Waals surface area contributed by atoms with E-state index in [2.05, 4.69) is 0 Å². The fourth-order valence-corrected chi connectivity index (χ4v) is 0. The Bertz CT molecular complexity index is 30.1. The molecule has 0 aliphatic rings. The van der Waals surface area contributed by atoms with E-state index in [1.807, 2.05) is 0 Å². The first-order chi connectivity index (χ1) is 0. The maximum atomic E-state index is 0. The van der Waals surface area contributed by atoms with Crippen molar-refractivity contribution in [3.8, 4) is 0 Å². The van der Waals surface area contributed by atoms with Gasteiger partial charge in [0.15, 0.2) is 0 Å². The van der Waals surface area contributed by atoms with E-state index in [1.165, 1.54) is 0 Å². The van der Waals surface area contributed by atoms with Crippen LogP contribution < -0.4 is 0 Å². The van der Waals surface area contributed by atoms with Gasteiger partial charge in [-0.1, -0.05) is 0 Å². The van der Waals surface area contributed by atoms with Crippen molar-refractivity contribution >= 4 is 214 Å². The predicted octanol–water partition coefficient (Wildman–Crippen LogP) is -0.611. The zero-order valence-corrected chi connectivity index (χ0v) is 26.2. The molecule has 0 heterocycles. The molecule has 0 saturated heterocycles. The fourth-order valence-electron chi connectivity index (χ4n) is 0. The molecule has 0 aromatic heterocycles. The third kappa shape index (κ3) is 167. The van der Waals surface area contributed by atoms with Crippen LogP contribution in [0.4, 0.5) is 0 Å². The molecule has 0 unspecified atom stereocenters. The van der Waals surface area contributed by atoms with Crippen molar-refractivity contribution in [1.82, 2.24) is 0 Å². The maximum absolute atomic E-state index is 0. The summed E-state index contributed by atoms with van der Waals surface area (Å²) in [6.45, 7) is 0. The van der Waals surface area contributed by atoms with Crippen molar-refractivity contribution in [2.75, 3.05) is 0 Å². The van der Waals surface area contributed by atoms with E-state index >= 15 is 0 Å². The van der Waals surface area contributed by atoms with Crippen LogP contribution >= 0.6 is 69.3 Å². The summed E-state index contributed by atoms with van der Waals surface area (Å²) in [6, 6.07) is 0. The summed E-state index contributed by atoms with van der Waals surface area (Å²) in [4.78, 5) is 0. The van der Waals surface area contributed by atoms with E-state index in [-0.39, 0.29) is 214 Å². The summed E-state index contributed by atoms with van der Waals surface area (Å²) in [5, 5.41) is 0. The Morgan fingerprint density at radius 3 is 0.250 bits per heavy atom. The van der Waals surface area contributed by atoms with Gasteiger partial charge in [-0.2, -0.15) is 0 Å². The Morgan fingerprint density at radius 2 is 0.250 bits per heavy atom. The Hall–Kier alpha value is 7.20. The zero-order chi connectivity index (χ0) is 0. The second-order valence-corrected chi connectivity index (χ2v) is 0. The van der Waals surface area contributed by atoms with Gasteiger partial charge in [-0.05, 0) is 32.9 Å². The van der Waals surface area contributed by atoms with E-state index in [0.29, 0.717) is 0 Å². The van der Waals surface area contributed by atoms with Crippen molar-refractivity contribution in [3.05, 3.63) is 0 Å². The topological polar surface area (TPSA) is 0 Å². The van der Waals surface area contributed by atoms with Crippen LogP contribution in [-0.4, -0.2) is 145 Å². The first-order valence-electron chi connectivity index (χ1n) is 0. The Balaban J connectivity index is 0. The van der Waals surface area contributed by atoms with Crippen molar-refractivity contribution in [1.29, 1.82) is 0 Å². The van der Waals surface area contributed by atoms with Gasteiger partial charge < -0.3 is 69.3 Å². The van der Waals surface area contributed by atoms with Gasteiger partial charge >= 0.3 is 112 Å². The van der Waals surface area contributed by atoms with Gasteiger partial charge in [-0.15, -0.1) is 0 Å². The molecular formula is H12Ga3Ge3P7Si3. The van der Waals surface area contributed by atoms with Crippen LogP contribution in [0.15, 0.2) is 0 Å². The molecule has 16 heavy (non-hydrogen) atoms. The summed E-state index contributed by atoms with van der Waals surface area (Å²) >= 11 is 0. The molecular weight excluding hydrogens is 728 g/mol. The van der Waals surface area contributed by atoms with Crippen LogP contribution in [0, 0.1) is 0 Å². The molecule has 0 aliphatic carbocycles. The minimum absolute atomic E-state index is 0. The van der Waals surface area contributed by atoms with E-state index in [0.717, 1.165) is 0 Å². The molecule has 0 rings (SSSR count). The van der Waals surface area contributed by atoms with E-state index in [4.69, 9.17) is 0 Å². The van der Waals surface area contributed by atoms with Crippen LogP contribution in [0.1, 0.15) is 0 Å². The standard InChI is InChI=1S/3Ga.3Ge.7P.3H4Si/h;;;;;;;;;;;;;3*1H4/q3*+3;3*+4;7*-3;;;. The molecule has 0 fully saturated rings. The minimum Gasteiger partial charge on any atom is -3.00 e. The van der Waals surface area contributed by atoms with Gasteiger partial charge in [0.05, 0.1) is 0 Å². The molecule has 0 amide bonds. The first-order valence-corrected chi connectivity index (χ1v) is 0. The van der Waals surface area contributed by atoms with Gasteiger partial charge in [-0.3, -0.25) is 0 Å². The number of hydrogen-bond donors (Lipinski definition) is 0. The summed E-state index contributed by atoms with van der Waals surface area (Å²) < 4.78 is 0. The smallest absolute Gasteiger partial charge is 3.00 e. The van der Waals surface area contributed by atoms with Crippen LogP contribution in [0.25, 0.3) is 0 Å². The van der Waals surface area contributed by atoms with Crippen LogP contribution in [0.5, 0.6) is 0 Å². The van der Waals surface area contributed by atoms with Crippen LogP contribution in [-0.2, 0) is 0 Å². The van der Waals surface area contributed by atoms with Crippen LogP contribution in [0.3, 0.4) is 0 Å². The largest absolute Gasteiger partial charge is 4.00 e. The number of rotatable bonds is 0. The molecule has 0 bridgehead atoms. The van der Waals surface area contributed by atoms with Crippen molar-refractivity contribution in [3.63, 3.8) is 0 Å². The molecule has 80 valence electrons. The molecule has 0 atom stereocenters. The summed E-state index contributed by atoms with van der Waals surface area (Å²) in [5.41, 5.74) is 0. The first kappa shape index (κ1) is 221. The third-order valence-corrected chi connectivity index (χ3v) is 0. The predicted molar refractivity (Wildman–Crippen MR) is 117 cm³/mol. The monoisotopic (exact) mass is 741 g/mol. The molecule has 0 aliphatic heterocycles. The summed E-state index contributed by atoms with van der Waals surface area (Å²) in [6.07, 6.45) is 0. The normalized spacial score (nSPS) is 0. The van der Waals surface area contributed by atoms with Crippen LogP contribution in [0.2, 0.25) is 0 Å². The summed E-state index contributed by atoms with van der Waals surface area (Å²) in [7, 11) is 0. The molecule has 0 nitrogen and oxygen atoms in total. The van der Waals surface area contributed by atoms with Crippen molar-refractivity contribution < 1.29 is 0 Å². The second-order valence-electron chi connectivity index (χ2n) is 0. The number of hydrogen-bond acceptors (Lipinski definition) is 0. The third-order valence-electron chi connectivity index (χ3n) is 0. The van der Waals surface area contributed by atoms with Gasteiger partial charge in [0, 0.05) is 0 Å². The van der Waals surface area contributed by atoms with Gasteiger partial charge in [-0.25, -0.2) is 0 Å². The van der Waals surface area contributed by atoms with Gasteiger partial charge in [0.2, 0.25) is 0 Å². The van der Waals surface area contributed by atoms with E-state index < -0.39 is 0 Å². The Morgan fingerprint density at radius 1 is 0.250 bits per heavy atom. The summed E-state index contributed by atoms with van der Waals surface area (Å²) in [5.74, 6) is 0. The van der Waals surface area contributed by atoms with E-state index in [9.17, 15) is 0 Å². The molecule has 16 heteroatoms. The molecule has 0 radical (unpaired) electrons. The average Bonchev–Trinajstić information content (AvgIpc) is 0. The molecule has 0 N–H and O–H groups in total. The van der Waals surface area contributed by atoms with Gasteiger partial charge in [0.25, 0.3) is 0 Å². The Kier molecular flexibility index (Phi) is 2650. The fraction of sp³-hybridized carbons (Fsp3) is 0. The second kappa shape index (κ2) is 193. The van der Waals surface area contributed by atoms with E-state index in [1.54, 1.807) is 0 Å². The average molecular weight is 740 g/mol. The van der Waals surface area contributed by atoms with Gasteiger partial charge in [0.1, 0.15) is 0 Å². The molecule has 0 saturated carbocycles. The molecule has 0 aromatic carbocycles. The molecule has 0 spiro atoms. The molecule has 0 aromatic rings. The quantitative estimate of drug-likeness (QED) is 0.230. The zero-order valence-electron chi connectivity index (χ0n) is 6.36. The maximum Gasteiger partial charge on any atom is 4.00 e. The SMILES string of the molecule is [Ga+3].[Ga+3].[Ga+3].[Ge+4].[Ge+4].[Ge+4].[P-3].[P-3].[P-3].[P-3].[P-3].[P-3].[P-3].[SiH4].[SiH4].[SiH4].